The number of esters is 1. The number of aryl methyl sites for hydroxylation is 2. The average Bonchev–Trinajstić information content (AvgIpc) is 3.12. The van der Waals surface area contributed by atoms with Crippen LogP contribution in [0.2, 0.25) is 0 Å². The Hall–Kier alpha value is -2.94. The van der Waals surface area contributed by atoms with Crippen LogP contribution in [0, 0.1) is 13.8 Å². The first kappa shape index (κ1) is 19.8. The van der Waals surface area contributed by atoms with Crippen molar-refractivity contribution < 1.29 is 19.1 Å². The molecule has 0 saturated carbocycles. The molecular formula is C19H20N4O4S. The van der Waals surface area contributed by atoms with Gasteiger partial charge >= 0.3 is 5.97 Å². The van der Waals surface area contributed by atoms with Gasteiger partial charge in [0.1, 0.15) is 5.75 Å². The Morgan fingerprint density at radius 3 is 2.50 bits per heavy atom. The van der Waals surface area contributed by atoms with E-state index in [-0.39, 0.29) is 18.8 Å². The molecular weight excluding hydrogens is 380 g/mol. The Bertz CT molecular complexity index is 1030. The molecule has 0 aliphatic carbocycles. The normalized spacial score (nSPS) is 10.9. The van der Waals surface area contributed by atoms with Gasteiger partial charge in [-0.25, -0.2) is 9.50 Å². The standard InChI is InChI=1S/C19H20N4O4S/c1-11-15(12(2)23-18(20-11)21-19(22-23)28-4)9-17(25)27-10-16(24)13-5-7-14(26-3)8-6-13/h5-8H,9-10H2,1-4H3. The van der Waals surface area contributed by atoms with Crippen molar-refractivity contribution in [2.24, 2.45) is 0 Å². The number of rotatable bonds is 7. The lowest BCUT2D eigenvalue weighted by Gasteiger charge is -2.10. The van der Waals surface area contributed by atoms with Gasteiger partial charge < -0.3 is 9.47 Å². The first-order valence-corrected chi connectivity index (χ1v) is 9.75. The van der Waals surface area contributed by atoms with Crippen LogP contribution in [0.25, 0.3) is 5.78 Å². The summed E-state index contributed by atoms with van der Waals surface area (Å²) >= 11 is 1.42. The smallest absolute Gasteiger partial charge is 0.310 e. The van der Waals surface area contributed by atoms with Gasteiger partial charge in [0.15, 0.2) is 12.4 Å². The maximum atomic E-state index is 12.3. The van der Waals surface area contributed by atoms with Crippen molar-refractivity contribution in [3.63, 3.8) is 0 Å². The zero-order valence-corrected chi connectivity index (χ0v) is 16.9. The predicted octanol–water partition coefficient (Wildman–Crippen LogP) is 2.44. The second-order valence-corrected chi connectivity index (χ2v) is 6.83. The quantitative estimate of drug-likeness (QED) is 0.339. The van der Waals surface area contributed by atoms with Gasteiger partial charge in [0.05, 0.1) is 13.5 Å². The van der Waals surface area contributed by atoms with Gasteiger partial charge in [0.25, 0.3) is 5.78 Å². The number of Topliss-reactive ketones (excluding diaryl/α,β-unsaturated/α-hetero) is 1. The molecule has 0 unspecified atom stereocenters. The van der Waals surface area contributed by atoms with Crippen LogP contribution < -0.4 is 4.74 Å². The van der Waals surface area contributed by atoms with E-state index in [0.29, 0.717) is 33.5 Å². The van der Waals surface area contributed by atoms with Crippen molar-refractivity contribution in [3.8, 4) is 5.75 Å². The van der Waals surface area contributed by atoms with Crippen LogP contribution in [0.5, 0.6) is 5.75 Å². The molecule has 1 aromatic carbocycles. The maximum absolute atomic E-state index is 12.3. The largest absolute Gasteiger partial charge is 0.497 e. The minimum absolute atomic E-state index is 0.00492. The Labute approximate surface area is 166 Å². The van der Waals surface area contributed by atoms with E-state index in [4.69, 9.17) is 9.47 Å². The van der Waals surface area contributed by atoms with Crippen LogP contribution in [-0.2, 0) is 16.0 Å². The second-order valence-electron chi connectivity index (χ2n) is 6.06. The number of carbonyl (C=O) groups is 2. The van der Waals surface area contributed by atoms with Crippen LogP contribution >= 0.6 is 11.8 Å². The van der Waals surface area contributed by atoms with E-state index >= 15 is 0 Å². The first-order chi connectivity index (χ1) is 13.4. The highest BCUT2D eigenvalue weighted by Crippen LogP contribution is 2.18. The summed E-state index contributed by atoms with van der Waals surface area (Å²) in [4.78, 5) is 33.2. The van der Waals surface area contributed by atoms with Gasteiger partial charge in [-0.15, -0.1) is 5.10 Å². The zero-order valence-electron chi connectivity index (χ0n) is 16.1. The molecule has 2 aromatic heterocycles. The molecule has 9 heteroatoms. The molecule has 146 valence electrons. The molecule has 0 saturated heterocycles. The predicted molar refractivity (Wildman–Crippen MR) is 104 cm³/mol. The minimum atomic E-state index is -0.501. The zero-order chi connectivity index (χ0) is 20.3. The third-order valence-corrected chi connectivity index (χ3v) is 4.85. The lowest BCUT2D eigenvalue weighted by molar-refractivity contribution is -0.141. The number of ketones is 1. The number of aromatic nitrogens is 4. The number of methoxy groups -OCH3 is 1. The number of benzene rings is 1. The second kappa shape index (κ2) is 8.39. The highest BCUT2D eigenvalue weighted by Gasteiger charge is 2.17. The van der Waals surface area contributed by atoms with Gasteiger partial charge in [0, 0.05) is 22.5 Å². The SMILES string of the molecule is COc1ccc(C(=O)COC(=O)Cc2c(C)nc3nc(SC)nn3c2C)cc1. The number of thioether (sulfide) groups is 1. The lowest BCUT2D eigenvalue weighted by atomic mass is 10.1. The summed E-state index contributed by atoms with van der Waals surface area (Å²) < 4.78 is 11.8. The summed E-state index contributed by atoms with van der Waals surface area (Å²) in [5.41, 5.74) is 2.63. The first-order valence-electron chi connectivity index (χ1n) is 8.52. The molecule has 0 amide bonds. The molecule has 0 radical (unpaired) electrons. The van der Waals surface area contributed by atoms with Crippen LogP contribution in [0.15, 0.2) is 29.4 Å². The Morgan fingerprint density at radius 1 is 1.14 bits per heavy atom. The van der Waals surface area contributed by atoms with Crippen LogP contribution in [0.1, 0.15) is 27.3 Å². The number of hydrogen-bond donors (Lipinski definition) is 0. The van der Waals surface area contributed by atoms with Crippen molar-refractivity contribution >= 4 is 29.3 Å². The molecule has 0 aliphatic rings. The van der Waals surface area contributed by atoms with Crippen molar-refractivity contribution in [2.75, 3.05) is 20.0 Å². The van der Waals surface area contributed by atoms with E-state index in [1.165, 1.54) is 11.8 Å². The van der Waals surface area contributed by atoms with Crippen molar-refractivity contribution in [2.45, 2.75) is 25.4 Å². The number of ether oxygens (including phenoxy) is 2. The molecule has 3 aromatic rings. The van der Waals surface area contributed by atoms with E-state index in [0.717, 1.165) is 5.69 Å². The van der Waals surface area contributed by atoms with Gasteiger partial charge in [0.2, 0.25) is 5.16 Å². The Kier molecular flexibility index (Phi) is 5.93. The third kappa shape index (κ3) is 4.14. The third-order valence-electron chi connectivity index (χ3n) is 4.31. The van der Waals surface area contributed by atoms with Gasteiger partial charge in [-0.3, -0.25) is 9.59 Å². The summed E-state index contributed by atoms with van der Waals surface area (Å²) in [6.07, 6.45) is 1.89. The summed E-state index contributed by atoms with van der Waals surface area (Å²) in [5, 5.41) is 4.97. The fraction of sp³-hybridized carbons (Fsp3) is 0.316. The molecule has 0 atom stereocenters. The fourth-order valence-electron chi connectivity index (χ4n) is 2.73. The fourth-order valence-corrected chi connectivity index (χ4v) is 3.07. The summed E-state index contributed by atoms with van der Waals surface area (Å²) in [5.74, 6) is 0.365. The Balaban J connectivity index is 1.68. The molecule has 0 fully saturated rings. The minimum Gasteiger partial charge on any atom is -0.497 e. The van der Waals surface area contributed by atoms with Gasteiger partial charge in [-0.2, -0.15) is 4.98 Å². The molecule has 3 rings (SSSR count). The summed E-state index contributed by atoms with van der Waals surface area (Å²) in [7, 11) is 1.55. The summed E-state index contributed by atoms with van der Waals surface area (Å²) in [6, 6.07) is 6.64. The number of hydrogen-bond acceptors (Lipinski definition) is 8. The van der Waals surface area contributed by atoms with E-state index in [1.807, 2.05) is 20.1 Å². The van der Waals surface area contributed by atoms with Gasteiger partial charge in [-0.05, 0) is 44.4 Å². The maximum Gasteiger partial charge on any atom is 0.310 e. The number of carbonyl (C=O) groups excluding carboxylic acids is 2. The van der Waals surface area contributed by atoms with Crippen molar-refractivity contribution in [3.05, 3.63) is 46.8 Å². The van der Waals surface area contributed by atoms with Crippen LogP contribution in [-0.4, -0.2) is 51.3 Å². The topological polar surface area (TPSA) is 95.7 Å². The van der Waals surface area contributed by atoms with Crippen molar-refractivity contribution in [1.29, 1.82) is 0 Å². The molecule has 0 aliphatic heterocycles. The van der Waals surface area contributed by atoms with E-state index in [1.54, 1.807) is 35.9 Å². The van der Waals surface area contributed by atoms with Crippen LogP contribution in [0.3, 0.4) is 0 Å². The van der Waals surface area contributed by atoms with E-state index < -0.39 is 5.97 Å². The molecule has 0 spiro atoms. The highest BCUT2D eigenvalue weighted by molar-refractivity contribution is 7.98. The van der Waals surface area contributed by atoms with Crippen molar-refractivity contribution in [1.82, 2.24) is 19.6 Å². The Morgan fingerprint density at radius 2 is 1.86 bits per heavy atom. The average molecular weight is 400 g/mol. The number of fused-ring (bicyclic) bond motifs is 1. The molecule has 2 heterocycles. The van der Waals surface area contributed by atoms with E-state index in [2.05, 4.69) is 15.1 Å². The van der Waals surface area contributed by atoms with Crippen LogP contribution in [0.4, 0.5) is 0 Å². The molecule has 0 N–H and O–H groups in total. The summed E-state index contributed by atoms with van der Waals surface area (Å²) in [6.45, 7) is 3.34. The lowest BCUT2D eigenvalue weighted by Crippen LogP contribution is -2.17. The highest BCUT2D eigenvalue weighted by atomic mass is 32.2. The molecule has 0 bridgehead atoms. The molecule has 28 heavy (non-hydrogen) atoms. The van der Waals surface area contributed by atoms with Gasteiger partial charge in [-0.1, -0.05) is 11.8 Å². The van der Waals surface area contributed by atoms with E-state index in [9.17, 15) is 9.59 Å². The number of nitrogens with zero attached hydrogens (tertiary/aromatic N) is 4. The monoisotopic (exact) mass is 400 g/mol. The molecule has 8 nitrogen and oxygen atoms in total.